The van der Waals surface area contributed by atoms with Gasteiger partial charge in [-0.1, -0.05) is 34.1 Å². The number of rotatable bonds is 2. The minimum Gasteiger partial charge on any atom is -0.307 e. The van der Waals surface area contributed by atoms with Crippen LogP contribution < -0.4 is 0 Å². The third-order valence-electron chi connectivity index (χ3n) is 1.08. The summed E-state index contributed by atoms with van der Waals surface area (Å²) in [6, 6.07) is 0. The van der Waals surface area contributed by atoms with E-state index in [1.165, 1.54) is 6.42 Å². The summed E-state index contributed by atoms with van der Waals surface area (Å²) in [6.45, 7) is 10.9. The van der Waals surface area contributed by atoms with Crippen LogP contribution in [0.25, 0.3) is 0 Å². The zero-order valence-electron chi connectivity index (χ0n) is 9.02. The third-order valence-corrected chi connectivity index (χ3v) is 1.08. The first-order valence-corrected chi connectivity index (χ1v) is 5.25. The van der Waals surface area contributed by atoms with Gasteiger partial charge in [0.1, 0.15) is 0 Å². The number of hydrogen-bond donors (Lipinski definition) is 1. The van der Waals surface area contributed by atoms with Crippen LogP contribution in [-0.4, -0.2) is 31.3 Å². The SMILES string of the molecule is CCC.CCN(C)CC.CS. The highest BCUT2D eigenvalue weighted by molar-refractivity contribution is 7.79. The second-order valence-electron chi connectivity index (χ2n) is 2.20. The minimum absolute atomic E-state index is 1.16. The van der Waals surface area contributed by atoms with Gasteiger partial charge in [-0.25, -0.2) is 0 Å². The maximum atomic E-state index is 3.53. The average Bonchev–Trinajstić information content (AvgIpc) is 2.08. The van der Waals surface area contributed by atoms with Crippen molar-refractivity contribution in [3.8, 4) is 0 Å². The van der Waals surface area contributed by atoms with Crippen LogP contribution in [0.4, 0.5) is 0 Å². The van der Waals surface area contributed by atoms with E-state index >= 15 is 0 Å². The molecule has 0 rings (SSSR count). The predicted octanol–water partition coefficient (Wildman–Crippen LogP) is 2.92. The van der Waals surface area contributed by atoms with Crippen LogP contribution in [0.2, 0.25) is 0 Å². The molecule has 0 heterocycles. The van der Waals surface area contributed by atoms with Crippen LogP contribution in [0.15, 0.2) is 0 Å². The lowest BCUT2D eigenvalue weighted by Gasteiger charge is -2.07. The first-order valence-electron chi connectivity index (χ1n) is 4.36. The molecule has 11 heavy (non-hydrogen) atoms. The van der Waals surface area contributed by atoms with Gasteiger partial charge in [0.15, 0.2) is 0 Å². The lowest BCUT2D eigenvalue weighted by Crippen LogP contribution is -2.15. The van der Waals surface area contributed by atoms with Gasteiger partial charge in [-0.15, -0.1) is 0 Å². The Labute approximate surface area is 78.6 Å². The summed E-state index contributed by atoms with van der Waals surface area (Å²) in [5.74, 6) is 0. The van der Waals surface area contributed by atoms with E-state index in [1.54, 1.807) is 6.26 Å². The normalized spacial score (nSPS) is 7.64. The van der Waals surface area contributed by atoms with Crippen molar-refractivity contribution < 1.29 is 0 Å². The molecule has 0 aromatic heterocycles. The molecule has 0 atom stereocenters. The number of nitrogens with zero attached hydrogens (tertiary/aromatic N) is 1. The second-order valence-corrected chi connectivity index (χ2v) is 2.20. The van der Waals surface area contributed by atoms with Crippen LogP contribution >= 0.6 is 12.6 Å². The van der Waals surface area contributed by atoms with Gasteiger partial charge in [0.25, 0.3) is 0 Å². The molecule has 2 heteroatoms. The maximum absolute atomic E-state index is 3.53. The summed E-state index contributed by atoms with van der Waals surface area (Å²) >= 11 is 3.53. The third kappa shape index (κ3) is 38.3. The molecule has 0 aromatic rings. The van der Waals surface area contributed by atoms with Gasteiger partial charge in [0.2, 0.25) is 0 Å². The summed E-state index contributed by atoms with van der Waals surface area (Å²) in [5, 5.41) is 0. The van der Waals surface area contributed by atoms with E-state index in [0.717, 1.165) is 13.1 Å². The summed E-state index contributed by atoms with van der Waals surface area (Å²) < 4.78 is 0. The molecule has 0 fully saturated rings. The molecule has 0 unspecified atom stereocenters. The molecule has 0 aromatic carbocycles. The second kappa shape index (κ2) is 22.4. The van der Waals surface area contributed by atoms with Gasteiger partial charge in [-0.05, 0) is 26.4 Å². The minimum atomic E-state index is 1.16. The molecule has 0 amide bonds. The van der Waals surface area contributed by atoms with Gasteiger partial charge < -0.3 is 4.90 Å². The standard InChI is InChI=1S/C5H13N.C3H8.CH4S/c1-4-6(3)5-2;1-3-2;1-2/h4-5H2,1-3H3;3H2,1-2H3;2H,1H3. The molecule has 1 nitrogen and oxygen atoms in total. The number of thiol groups is 1. The highest BCUT2D eigenvalue weighted by Gasteiger charge is 1.81. The quantitative estimate of drug-likeness (QED) is 0.638. The topological polar surface area (TPSA) is 3.24 Å². The zero-order valence-corrected chi connectivity index (χ0v) is 9.91. The average molecular weight is 179 g/mol. The van der Waals surface area contributed by atoms with E-state index < -0.39 is 0 Å². The Kier molecular flexibility index (Phi) is 35.5. The van der Waals surface area contributed by atoms with Crippen LogP contribution in [-0.2, 0) is 0 Å². The summed E-state index contributed by atoms with van der Waals surface area (Å²) in [5.41, 5.74) is 0. The first-order chi connectivity index (χ1) is 5.22. The monoisotopic (exact) mass is 179 g/mol. The van der Waals surface area contributed by atoms with Crippen molar-refractivity contribution in [3.05, 3.63) is 0 Å². The van der Waals surface area contributed by atoms with Gasteiger partial charge in [-0.2, -0.15) is 12.6 Å². The van der Waals surface area contributed by atoms with Gasteiger partial charge in [0.05, 0.1) is 0 Å². The lowest BCUT2D eigenvalue weighted by molar-refractivity contribution is 0.373. The van der Waals surface area contributed by atoms with Crippen molar-refractivity contribution >= 4 is 12.6 Å². The summed E-state index contributed by atoms with van der Waals surface area (Å²) in [4.78, 5) is 2.25. The van der Waals surface area contributed by atoms with Crippen molar-refractivity contribution in [2.75, 3.05) is 26.4 Å². The van der Waals surface area contributed by atoms with Crippen molar-refractivity contribution in [2.45, 2.75) is 34.1 Å². The Morgan fingerprint density at radius 2 is 1.09 bits per heavy atom. The van der Waals surface area contributed by atoms with Crippen molar-refractivity contribution in [1.29, 1.82) is 0 Å². The molecular formula is C9H25NS. The molecule has 0 spiro atoms. The highest BCUT2D eigenvalue weighted by atomic mass is 32.1. The smallest absolute Gasteiger partial charge is 0.00504 e. The first kappa shape index (κ1) is 17.4. The molecular weight excluding hydrogens is 154 g/mol. The molecule has 0 saturated heterocycles. The number of hydrogen-bond acceptors (Lipinski definition) is 2. The molecule has 0 aliphatic carbocycles. The van der Waals surface area contributed by atoms with E-state index in [2.05, 4.69) is 52.3 Å². The van der Waals surface area contributed by atoms with E-state index in [1.807, 2.05) is 0 Å². The Morgan fingerprint density at radius 1 is 0.909 bits per heavy atom. The molecule has 0 saturated carbocycles. The summed E-state index contributed by atoms with van der Waals surface area (Å²) in [6.07, 6.45) is 2.94. The van der Waals surface area contributed by atoms with Crippen LogP contribution in [0.5, 0.6) is 0 Å². The summed E-state index contributed by atoms with van der Waals surface area (Å²) in [7, 11) is 2.11. The fourth-order valence-electron chi connectivity index (χ4n) is 0.224. The highest BCUT2D eigenvalue weighted by Crippen LogP contribution is 1.73. The van der Waals surface area contributed by atoms with E-state index in [-0.39, 0.29) is 0 Å². The van der Waals surface area contributed by atoms with Crippen molar-refractivity contribution in [3.63, 3.8) is 0 Å². The predicted molar refractivity (Wildman–Crippen MR) is 59.7 cm³/mol. The zero-order chi connectivity index (χ0) is 9.70. The molecule has 0 radical (unpaired) electrons. The fraction of sp³-hybridized carbons (Fsp3) is 1.00. The Hall–Kier alpha value is 0.310. The van der Waals surface area contributed by atoms with E-state index in [4.69, 9.17) is 0 Å². The van der Waals surface area contributed by atoms with Crippen LogP contribution in [0, 0.1) is 0 Å². The van der Waals surface area contributed by atoms with Gasteiger partial charge in [0, 0.05) is 0 Å². The Balaban J connectivity index is -0.000000109. The van der Waals surface area contributed by atoms with Crippen molar-refractivity contribution in [1.82, 2.24) is 4.90 Å². The fourth-order valence-corrected chi connectivity index (χ4v) is 0.224. The van der Waals surface area contributed by atoms with Crippen LogP contribution in [0.3, 0.4) is 0 Å². The molecule has 0 N–H and O–H groups in total. The van der Waals surface area contributed by atoms with Crippen LogP contribution in [0.1, 0.15) is 34.1 Å². The molecule has 0 aliphatic rings. The van der Waals surface area contributed by atoms with E-state index in [0.29, 0.717) is 0 Å². The van der Waals surface area contributed by atoms with Gasteiger partial charge in [-0.3, -0.25) is 0 Å². The lowest BCUT2D eigenvalue weighted by atomic mass is 10.6. The maximum Gasteiger partial charge on any atom is -0.00504 e. The Morgan fingerprint density at radius 3 is 1.09 bits per heavy atom. The molecule has 72 valence electrons. The van der Waals surface area contributed by atoms with Gasteiger partial charge >= 0.3 is 0 Å². The largest absolute Gasteiger partial charge is 0.307 e. The molecule has 0 aliphatic heterocycles. The van der Waals surface area contributed by atoms with E-state index in [9.17, 15) is 0 Å². The van der Waals surface area contributed by atoms with Crippen molar-refractivity contribution in [2.24, 2.45) is 0 Å². The Bertz CT molecular complexity index is 36.5. The molecule has 0 bridgehead atoms.